The number of piperidine rings is 1. The van der Waals surface area contributed by atoms with Gasteiger partial charge in [-0.3, -0.25) is 9.69 Å². The molecule has 0 aromatic heterocycles. The van der Waals surface area contributed by atoms with E-state index in [9.17, 15) is 4.79 Å². The number of likely N-dealkylation sites (N-methyl/N-ethyl adjacent to an activating group) is 1. The normalized spacial score (nSPS) is 19.1. The van der Waals surface area contributed by atoms with Gasteiger partial charge >= 0.3 is 0 Å². The molecular weight excluding hydrogens is 365 g/mol. The fourth-order valence-corrected chi connectivity index (χ4v) is 3.08. The lowest BCUT2D eigenvalue weighted by atomic mass is 10.0. The van der Waals surface area contributed by atoms with Crippen LogP contribution >= 0.6 is 22.6 Å². The van der Waals surface area contributed by atoms with E-state index < -0.39 is 0 Å². The lowest BCUT2D eigenvalue weighted by Crippen LogP contribution is -2.44. The number of carbonyl (C=O) groups is 1. The molecule has 1 heterocycles. The van der Waals surface area contributed by atoms with Crippen LogP contribution in [-0.2, 0) is 4.79 Å². The Morgan fingerprint density at radius 2 is 2.35 bits per heavy atom. The molecule has 1 aliphatic rings. The van der Waals surface area contributed by atoms with E-state index in [0.29, 0.717) is 12.6 Å². The second kappa shape index (κ2) is 7.95. The van der Waals surface area contributed by atoms with Crippen LogP contribution < -0.4 is 10.6 Å². The van der Waals surface area contributed by atoms with Crippen molar-refractivity contribution in [3.05, 3.63) is 27.8 Å². The molecule has 2 rings (SSSR count). The van der Waals surface area contributed by atoms with Crippen LogP contribution in [0.15, 0.2) is 24.3 Å². The van der Waals surface area contributed by atoms with Crippen LogP contribution in [0.1, 0.15) is 19.3 Å². The Morgan fingerprint density at radius 3 is 3.05 bits per heavy atom. The molecule has 1 amide bonds. The summed E-state index contributed by atoms with van der Waals surface area (Å²) in [6.07, 6.45) is 3.77. The van der Waals surface area contributed by atoms with Crippen molar-refractivity contribution < 1.29 is 4.79 Å². The lowest BCUT2D eigenvalue weighted by Gasteiger charge is -2.27. The summed E-state index contributed by atoms with van der Waals surface area (Å²) >= 11 is 2.24. The summed E-state index contributed by atoms with van der Waals surface area (Å²) in [4.78, 5) is 14.1. The predicted molar refractivity (Wildman–Crippen MR) is 90.9 cm³/mol. The SMILES string of the molecule is CN(CC(=O)Nc1cccc(I)c1)CC1CCCCN1. The maximum Gasteiger partial charge on any atom is 0.238 e. The van der Waals surface area contributed by atoms with E-state index in [4.69, 9.17) is 0 Å². The first-order valence-corrected chi connectivity index (χ1v) is 8.19. The largest absolute Gasteiger partial charge is 0.325 e. The zero-order valence-corrected chi connectivity index (χ0v) is 14.0. The van der Waals surface area contributed by atoms with Crippen LogP contribution in [0.5, 0.6) is 0 Å². The quantitative estimate of drug-likeness (QED) is 0.763. The molecule has 0 aliphatic carbocycles. The summed E-state index contributed by atoms with van der Waals surface area (Å²) in [7, 11) is 2.00. The van der Waals surface area contributed by atoms with E-state index in [1.807, 2.05) is 31.3 Å². The summed E-state index contributed by atoms with van der Waals surface area (Å²) in [5.41, 5.74) is 0.867. The van der Waals surface area contributed by atoms with Gasteiger partial charge in [0.25, 0.3) is 0 Å². The third kappa shape index (κ3) is 5.38. The molecule has 20 heavy (non-hydrogen) atoms. The van der Waals surface area contributed by atoms with Crippen LogP contribution in [0.2, 0.25) is 0 Å². The van der Waals surface area contributed by atoms with Crippen LogP contribution in [0.3, 0.4) is 0 Å². The Kier molecular flexibility index (Phi) is 6.25. The van der Waals surface area contributed by atoms with Crippen molar-refractivity contribution in [3.63, 3.8) is 0 Å². The zero-order chi connectivity index (χ0) is 14.4. The first-order valence-electron chi connectivity index (χ1n) is 7.11. The van der Waals surface area contributed by atoms with Gasteiger partial charge in [0.15, 0.2) is 0 Å². The van der Waals surface area contributed by atoms with E-state index in [-0.39, 0.29) is 5.91 Å². The number of anilines is 1. The molecule has 2 N–H and O–H groups in total. The summed E-state index contributed by atoms with van der Waals surface area (Å²) < 4.78 is 1.13. The minimum absolute atomic E-state index is 0.0466. The second-order valence-electron chi connectivity index (χ2n) is 5.40. The van der Waals surface area contributed by atoms with Crippen molar-refractivity contribution in [3.8, 4) is 0 Å². The minimum Gasteiger partial charge on any atom is -0.325 e. The van der Waals surface area contributed by atoms with Crippen LogP contribution in [0.25, 0.3) is 0 Å². The van der Waals surface area contributed by atoms with Gasteiger partial charge in [0.1, 0.15) is 0 Å². The first kappa shape index (κ1) is 15.7. The Bertz CT molecular complexity index is 446. The zero-order valence-electron chi connectivity index (χ0n) is 11.9. The molecule has 0 radical (unpaired) electrons. The highest BCUT2D eigenvalue weighted by atomic mass is 127. The molecule has 1 aliphatic heterocycles. The second-order valence-corrected chi connectivity index (χ2v) is 6.65. The maximum atomic E-state index is 12.0. The highest BCUT2D eigenvalue weighted by Gasteiger charge is 2.16. The molecule has 5 heteroatoms. The van der Waals surface area contributed by atoms with Crippen molar-refractivity contribution in [2.75, 3.05) is 32.0 Å². The number of halogens is 1. The fraction of sp³-hybridized carbons (Fsp3) is 0.533. The topological polar surface area (TPSA) is 44.4 Å². The lowest BCUT2D eigenvalue weighted by molar-refractivity contribution is -0.117. The number of amides is 1. The van der Waals surface area contributed by atoms with E-state index in [1.165, 1.54) is 19.3 Å². The average Bonchev–Trinajstić information content (AvgIpc) is 2.39. The van der Waals surface area contributed by atoms with E-state index in [1.54, 1.807) is 0 Å². The molecular formula is C15H22IN3O. The standard InChI is InChI=1S/C15H22IN3O/c1-19(10-14-6-2-3-8-17-14)11-15(20)18-13-7-4-5-12(16)9-13/h4-5,7,9,14,17H,2-3,6,8,10-11H2,1H3,(H,18,20). The van der Waals surface area contributed by atoms with E-state index in [0.717, 1.165) is 22.3 Å². The maximum absolute atomic E-state index is 12.0. The average molecular weight is 387 g/mol. The third-order valence-corrected chi connectivity index (χ3v) is 4.14. The molecule has 1 atom stereocenters. The van der Waals surface area contributed by atoms with Gasteiger partial charge in [0.05, 0.1) is 6.54 Å². The van der Waals surface area contributed by atoms with Gasteiger partial charge in [-0.25, -0.2) is 0 Å². The molecule has 1 fully saturated rings. The van der Waals surface area contributed by atoms with Crippen molar-refractivity contribution in [2.24, 2.45) is 0 Å². The third-order valence-electron chi connectivity index (χ3n) is 3.47. The number of rotatable bonds is 5. The number of hydrogen-bond acceptors (Lipinski definition) is 3. The number of benzene rings is 1. The molecule has 0 bridgehead atoms. The fourth-order valence-electron chi connectivity index (χ4n) is 2.53. The van der Waals surface area contributed by atoms with Gasteiger partial charge in [-0.15, -0.1) is 0 Å². The molecule has 1 unspecified atom stereocenters. The van der Waals surface area contributed by atoms with Crippen molar-refractivity contribution >= 4 is 34.2 Å². The molecule has 1 aromatic rings. The summed E-state index contributed by atoms with van der Waals surface area (Å²) in [5, 5.41) is 6.45. The number of nitrogens with zero attached hydrogens (tertiary/aromatic N) is 1. The van der Waals surface area contributed by atoms with Crippen molar-refractivity contribution in [1.82, 2.24) is 10.2 Å². The number of nitrogens with one attached hydrogen (secondary N) is 2. The highest BCUT2D eigenvalue weighted by Crippen LogP contribution is 2.12. The van der Waals surface area contributed by atoms with Crippen molar-refractivity contribution in [1.29, 1.82) is 0 Å². The Balaban J connectivity index is 1.75. The van der Waals surface area contributed by atoms with Gasteiger partial charge in [0.2, 0.25) is 5.91 Å². The smallest absolute Gasteiger partial charge is 0.238 e. The van der Waals surface area contributed by atoms with Crippen LogP contribution in [0.4, 0.5) is 5.69 Å². The van der Waals surface area contributed by atoms with Gasteiger partial charge in [-0.1, -0.05) is 12.5 Å². The van der Waals surface area contributed by atoms with Gasteiger partial charge in [-0.2, -0.15) is 0 Å². The Labute approximate surface area is 134 Å². The molecule has 110 valence electrons. The molecule has 1 aromatic carbocycles. The molecule has 4 nitrogen and oxygen atoms in total. The minimum atomic E-state index is 0.0466. The van der Waals surface area contributed by atoms with Gasteiger partial charge in [0, 0.05) is 21.8 Å². The summed E-state index contributed by atoms with van der Waals surface area (Å²) in [6, 6.07) is 8.38. The molecule has 0 saturated carbocycles. The van der Waals surface area contributed by atoms with E-state index in [2.05, 4.69) is 38.1 Å². The van der Waals surface area contributed by atoms with Gasteiger partial charge in [-0.05, 0) is 67.2 Å². The molecule has 0 spiro atoms. The number of carbonyl (C=O) groups excluding carboxylic acids is 1. The molecule has 1 saturated heterocycles. The van der Waals surface area contributed by atoms with Crippen molar-refractivity contribution in [2.45, 2.75) is 25.3 Å². The number of hydrogen-bond donors (Lipinski definition) is 2. The van der Waals surface area contributed by atoms with Gasteiger partial charge < -0.3 is 10.6 Å². The monoisotopic (exact) mass is 387 g/mol. The highest BCUT2D eigenvalue weighted by molar-refractivity contribution is 14.1. The summed E-state index contributed by atoms with van der Waals surface area (Å²) in [6.45, 7) is 2.47. The van der Waals surface area contributed by atoms with Crippen LogP contribution in [-0.4, -0.2) is 43.5 Å². The predicted octanol–water partition coefficient (Wildman–Crippen LogP) is 2.30. The van der Waals surface area contributed by atoms with E-state index >= 15 is 0 Å². The first-order chi connectivity index (χ1) is 9.63. The van der Waals surface area contributed by atoms with Crippen LogP contribution in [0, 0.1) is 3.57 Å². The Hall–Kier alpha value is -0.660. The Morgan fingerprint density at radius 1 is 1.50 bits per heavy atom. The summed E-state index contributed by atoms with van der Waals surface area (Å²) in [5.74, 6) is 0.0466.